The zero-order valence-electron chi connectivity index (χ0n) is 7.50. The molecule has 0 bridgehead atoms. The van der Waals surface area contributed by atoms with E-state index in [1.54, 1.807) is 6.07 Å². The van der Waals surface area contributed by atoms with Gasteiger partial charge in [0.1, 0.15) is 0 Å². The lowest BCUT2D eigenvalue weighted by Crippen LogP contribution is -2.12. The predicted octanol–water partition coefficient (Wildman–Crippen LogP) is 3.36. The van der Waals surface area contributed by atoms with Crippen LogP contribution in [0, 0.1) is 0 Å². The third-order valence-electron chi connectivity index (χ3n) is 1.80. The Labute approximate surface area is 76.1 Å². The molecular formula is C9H11F2OP. The van der Waals surface area contributed by atoms with Crippen molar-refractivity contribution in [3.8, 4) is 0 Å². The number of halogens is 2. The Morgan fingerprint density at radius 2 is 1.62 bits per heavy atom. The third-order valence-corrected chi connectivity index (χ3v) is 3.41. The Balaban J connectivity index is 3.16. The minimum Gasteiger partial charge on any atom is -0.317 e. The normalized spacial score (nSPS) is 12.9. The molecule has 0 aliphatic heterocycles. The van der Waals surface area contributed by atoms with E-state index in [0.717, 1.165) is 13.3 Å². The number of alkyl halides is 2. The number of hydrogen-bond acceptors (Lipinski definition) is 1. The van der Waals surface area contributed by atoms with Gasteiger partial charge in [0.15, 0.2) is 7.14 Å². The number of hydrogen-bond donors (Lipinski definition) is 0. The fourth-order valence-electron chi connectivity index (χ4n) is 0.950. The summed E-state index contributed by atoms with van der Waals surface area (Å²) in [7, 11) is -3.42. The molecule has 13 heavy (non-hydrogen) atoms. The Hall–Kier alpha value is -0.690. The highest BCUT2D eigenvalue weighted by Gasteiger charge is 2.44. The van der Waals surface area contributed by atoms with E-state index in [0.29, 0.717) is 0 Å². The Morgan fingerprint density at radius 1 is 1.15 bits per heavy atom. The average molecular weight is 204 g/mol. The molecule has 0 saturated carbocycles. The van der Waals surface area contributed by atoms with Gasteiger partial charge in [-0.2, -0.15) is 8.78 Å². The minimum absolute atomic E-state index is 0.177. The Morgan fingerprint density at radius 3 is 2.00 bits per heavy atom. The van der Waals surface area contributed by atoms with Gasteiger partial charge in [-0.05, 0) is 13.3 Å². The van der Waals surface area contributed by atoms with Crippen molar-refractivity contribution in [2.45, 2.75) is 5.66 Å². The standard InChI is InChI=1S/C9H11F2OP/c1-13(2,12)9(10,11)8-6-4-3-5-7-8/h3-7H,1-2H3. The molecule has 0 spiro atoms. The summed E-state index contributed by atoms with van der Waals surface area (Å²) >= 11 is 0. The maximum Gasteiger partial charge on any atom is 0.322 e. The van der Waals surface area contributed by atoms with Crippen LogP contribution in [0.3, 0.4) is 0 Å². The summed E-state index contributed by atoms with van der Waals surface area (Å²) in [6.07, 6.45) is 0. The van der Waals surface area contributed by atoms with Crippen molar-refractivity contribution in [1.29, 1.82) is 0 Å². The molecular weight excluding hydrogens is 193 g/mol. The van der Waals surface area contributed by atoms with Crippen LogP contribution in [0.4, 0.5) is 8.78 Å². The van der Waals surface area contributed by atoms with Crippen LogP contribution < -0.4 is 0 Å². The van der Waals surface area contributed by atoms with Gasteiger partial charge in [-0.25, -0.2) is 0 Å². The average Bonchev–Trinajstić information content (AvgIpc) is 2.04. The molecule has 0 radical (unpaired) electrons. The van der Waals surface area contributed by atoms with Crippen molar-refractivity contribution in [2.24, 2.45) is 0 Å². The molecule has 0 saturated heterocycles. The van der Waals surface area contributed by atoms with Crippen molar-refractivity contribution < 1.29 is 13.3 Å². The second-order valence-electron chi connectivity index (χ2n) is 3.26. The summed E-state index contributed by atoms with van der Waals surface area (Å²) < 4.78 is 38.1. The van der Waals surface area contributed by atoms with Crippen LogP contribution in [0.15, 0.2) is 30.3 Å². The summed E-state index contributed by atoms with van der Waals surface area (Å²) in [5, 5.41) is 0. The van der Waals surface area contributed by atoms with Crippen molar-refractivity contribution in [2.75, 3.05) is 13.3 Å². The highest BCUT2D eigenvalue weighted by atomic mass is 31.2. The first-order valence-corrected chi connectivity index (χ1v) is 6.44. The molecule has 0 aliphatic carbocycles. The van der Waals surface area contributed by atoms with Gasteiger partial charge in [-0.3, -0.25) is 0 Å². The topological polar surface area (TPSA) is 17.1 Å². The molecule has 72 valence electrons. The molecule has 0 aliphatic rings. The van der Waals surface area contributed by atoms with E-state index >= 15 is 0 Å². The van der Waals surface area contributed by atoms with Gasteiger partial charge in [-0.15, -0.1) is 0 Å². The molecule has 1 aromatic rings. The molecule has 0 fully saturated rings. The van der Waals surface area contributed by atoms with Crippen molar-refractivity contribution in [3.05, 3.63) is 35.9 Å². The molecule has 1 aromatic carbocycles. The largest absolute Gasteiger partial charge is 0.322 e. The van der Waals surface area contributed by atoms with Gasteiger partial charge in [-0.1, -0.05) is 30.3 Å². The van der Waals surface area contributed by atoms with E-state index < -0.39 is 12.8 Å². The second kappa shape index (κ2) is 3.22. The quantitative estimate of drug-likeness (QED) is 0.675. The lowest BCUT2D eigenvalue weighted by atomic mass is 10.2. The lowest BCUT2D eigenvalue weighted by Gasteiger charge is -2.20. The highest BCUT2D eigenvalue weighted by Crippen LogP contribution is 2.59. The molecule has 0 atom stereocenters. The molecule has 0 unspecified atom stereocenters. The maximum absolute atomic E-state index is 13.4. The zero-order chi connectivity index (χ0) is 10.1. The van der Waals surface area contributed by atoms with Crippen LogP contribution in [0.1, 0.15) is 5.56 Å². The van der Waals surface area contributed by atoms with E-state index in [4.69, 9.17) is 0 Å². The van der Waals surface area contributed by atoms with Gasteiger partial charge in [0.05, 0.1) is 0 Å². The van der Waals surface area contributed by atoms with Crippen molar-refractivity contribution >= 4 is 7.14 Å². The fourth-order valence-corrected chi connectivity index (χ4v) is 1.72. The summed E-state index contributed by atoms with van der Waals surface area (Å²) in [5.74, 6) is 0. The van der Waals surface area contributed by atoms with E-state index in [-0.39, 0.29) is 5.56 Å². The summed E-state index contributed by atoms with van der Waals surface area (Å²) in [5.41, 5.74) is -3.39. The third kappa shape index (κ3) is 1.97. The van der Waals surface area contributed by atoms with Crippen LogP contribution in [-0.4, -0.2) is 13.3 Å². The van der Waals surface area contributed by atoms with Crippen LogP contribution in [0.2, 0.25) is 0 Å². The van der Waals surface area contributed by atoms with Gasteiger partial charge < -0.3 is 4.57 Å². The van der Waals surface area contributed by atoms with E-state index in [1.807, 2.05) is 0 Å². The summed E-state index contributed by atoms with van der Waals surface area (Å²) in [4.78, 5) is 0. The fraction of sp³-hybridized carbons (Fsp3) is 0.333. The zero-order valence-corrected chi connectivity index (χ0v) is 8.39. The SMILES string of the molecule is CP(C)(=O)C(F)(F)c1ccccc1. The Bertz CT molecular complexity index is 329. The Kier molecular flexibility index (Phi) is 2.58. The van der Waals surface area contributed by atoms with Crippen LogP contribution >= 0.6 is 7.14 Å². The van der Waals surface area contributed by atoms with Crippen LogP contribution in [-0.2, 0) is 10.2 Å². The van der Waals surface area contributed by atoms with Gasteiger partial charge in [0.25, 0.3) is 0 Å². The minimum atomic E-state index is -3.42. The summed E-state index contributed by atoms with van der Waals surface area (Å²) in [6, 6.07) is 7.26. The summed E-state index contributed by atoms with van der Waals surface area (Å²) in [6.45, 7) is 2.19. The molecule has 1 nitrogen and oxygen atoms in total. The molecule has 0 amide bonds. The van der Waals surface area contributed by atoms with E-state index in [1.165, 1.54) is 24.3 Å². The van der Waals surface area contributed by atoms with Gasteiger partial charge in [0.2, 0.25) is 0 Å². The molecule has 1 rings (SSSR count). The van der Waals surface area contributed by atoms with Gasteiger partial charge >= 0.3 is 5.66 Å². The number of rotatable bonds is 2. The van der Waals surface area contributed by atoms with E-state index in [9.17, 15) is 13.3 Å². The van der Waals surface area contributed by atoms with Crippen molar-refractivity contribution in [3.63, 3.8) is 0 Å². The van der Waals surface area contributed by atoms with Crippen LogP contribution in [0.25, 0.3) is 0 Å². The van der Waals surface area contributed by atoms with Crippen molar-refractivity contribution in [1.82, 2.24) is 0 Å². The highest BCUT2D eigenvalue weighted by molar-refractivity contribution is 7.63. The first-order valence-electron chi connectivity index (χ1n) is 3.84. The smallest absolute Gasteiger partial charge is 0.317 e. The predicted molar refractivity (Wildman–Crippen MR) is 49.8 cm³/mol. The first kappa shape index (κ1) is 10.4. The molecule has 4 heteroatoms. The lowest BCUT2D eigenvalue weighted by molar-refractivity contribution is 0.0893. The first-order chi connectivity index (χ1) is 5.86. The van der Waals surface area contributed by atoms with Gasteiger partial charge in [0, 0.05) is 5.56 Å². The second-order valence-corrected chi connectivity index (χ2v) is 6.52. The maximum atomic E-state index is 13.4. The molecule has 0 heterocycles. The number of benzene rings is 1. The molecule has 0 aromatic heterocycles. The molecule has 0 N–H and O–H groups in total. The van der Waals surface area contributed by atoms with Crippen LogP contribution in [0.5, 0.6) is 0 Å². The monoisotopic (exact) mass is 204 g/mol. The van der Waals surface area contributed by atoms with E-state index in [2.05, 4.69) is 0 Å².